The highest BCUT2D eigenvalue weighted by atomic mass is 32.2. The van der Waals surface area contributed by atoms with E-state index in [1.807, 2.05) is 19.0 Å². The van der Waals surface area contributed by atoms with Crippen molar-refractivity contribution in [3.05, 3.63) is 41.2 Å². The summed E-state index contributed by atoms with van der Waals surface area (Å²) < 4.78 is 0. The maximum absolute atomic E-state index is 5.83. The summed E-state index contributed by atoms with van der Waals surface area (Å²) in [5.41, 5.74) is 9.27. The van der Waals surface area contributed by atoms with Crippen LogP contribution in [0, 0.1) is 13.8 Å². The van der Waals surface area contributed by atoms with E-state index in [0.29, 0.717) is 11.8 Å². The number of benzene rings is 1. The predicted molar refractivity (Wildman–Crippen MR) is 104 cm³/mol. The minimum Gasteiger partial charge on any atom is -0.368 e. The average Bonchev–Trinajstić information content (AvgIpc) is 2.55. The van der Waals surface area contributed by atoms with Gasteiger partial charge < -0.3 is 10.6 Å². The van der Waals surface area contributed by atoms with E-state index >= 15 is 0 Å². The van der Waals surface area contributed by atoms with E-state index in [1.165, 1.54) is 16.5 Å². The minimum atomic E-state index is 0.0115. The number of nitrogen functional groups attached to an aromatic ring is 1. The number of thioether (sulfide) groups is 1. The van der Waals surface area contributed by atoms with Gasteiger partial charge in [0.25, 0.3) is 0 Å². The molecule has 0 amide bonds. The highest BCUT2D eigenvalue weighted by Crippen LogP contribution is 2.34. The number of para-hydroxylation sites is 1. The van der Waals surface area contributed by atoms with E-state index in [4.69, 9.17) is 10.7 Å². The lowest BCUT2D eigenvalue weighted by atomic mass is 10.1. The molecule has 0 bridgehead atoms. The van der Waals surface area contributed by atoms with Gasteiger partial charge in [0.05, 0.1) is 15.8 Å². The number of aromatic nitrogens is 4. The Morgan fingerprint density at radius 2 is 1.80 bits per heavy atom. The van der Waals surface area contributed by atoms with Gasteiger partial charge in [-0.15, -0.1) is 0 Å². The molecule has 2 heterocycles. The quantitative estimate of drug-likeness (QED) is 0.718. The molecule has 0 aliphatic carbocycles. The first-order chi connectivity index (χ1) is 11.8. The normalized spacial score (nSPS) is 12.4. The zero-order chi connectivity index (χ0) is 18.1. The van der Waals surface area contributed by atoms with Crippen LogP contribution >= 0.6 is 11.8 Å². The van der Waals surface area contributed by atoms with Crippen molar-refractivity contribution < 1.29 is 0 Å². The number of hydrogen-bond acceptors (Lipinski definition) is 7. The van der Waals surface area contributed by atoms with Crippen LogP contribution in [0.15, 0.2) is 29.3 Å². The van der Waals surface area contributed by atoms with Crippen molar-refractivity contribution in [3.63, 3.8) is 0 Å². The summed E-state index contributed by atoms with van der Waals surface area (Å²) in [6, 6.07) is 8.37. The smallest absolute Gasteiger partial charge is 0.229 e. The number of hydrogen-bond donors (Lipinski definition) is 1. The lowest BCUT2D eigenvalue weighted by Crippen LogP contribution is -2.16. The van der Waals surface area contributed by atoms with Gasteiger partial charge >= 0.3 is 0 Å². The molecule has 3 rings (SSSR count). The molecule has 2 N–H and O–H groups in total. The van der Waals surface area contributed by atoms with Gasteiger partial charge in [-0.2, -0.15) is 15.0 Å². The molecule has 25 heavy (non-hydrogen) atoms. The molecule has 1 atom stereocenters. The van der Waals surface area contributed by atoms with Gasteiger partial charge in [-0.25, -0.2) is 4.98 Å². The van der Waals surface area contributed by atoms with Gasteiger partial charge in [0.1, 0.15) is 5.82 Å². The first-order valence-electron chi connectivity index (χ1n) is 8.07. The van der Waals surface area contributed by atoms with E-state index in [2.05, 4.69) is 60.0 Å². The first kappa shape index (κ1) is 17.4. The standard InChI is InChI=1S/C18H22N6S/c1-10-7-6-8-13-11(2)9-14(20-15(10)13)25-12(3)16-21-17(19)23-18(22-16)24(4)5/h6-9,12H,1-5H3,(H2,19,21,22,23)/t12-/m1/s1. The van der Waals surface area contributed by atoms with Gasteiger partial charge in [0.2, 0.25) is 11.9 Å². The molecular formula is C18H22N6S. The largest absolute Gasteiger partial charge is 0.368 e. The number of rotatable bonds is 4. The van der Waals surface area contributed by atoms with Crippen LogP contribution < -0.4 is 10.6 Å². The molecule has 1 aromatic carbocycles. The lowest BCUT2D eigenvalue weighted by molar-refractivity contribution is 0.863. The van der Waals surface area contributed by atoms with Crippen molar-refractivity contribution in [2.45, 2.75) is 31.0 Å². The molecule has 2 aromatic heterocycles. The lowest BCUT2D eigenvalue weighted by Gasteiger charge is -2.15. The highest BCUT2D eigenvalue weighted by molar-refractivity contribution is 7.99. The molecule has 0 saturated carbocycles. The topological polar surface area (TPSA) is 80.8 Å². The Morgan fingerprint density at radius 1 is 1.04 bits per heavy atom. The fourth-order valence-corrected chi connectivity index (χ4v) is 3.57. The third-order valence-electron chi connectivity index (χ3n) is 3.94. The number of anilines is 2. The Kier molecular flexibility index (Phi) is 4.76. The van der Waals surface area contributed by atoms with E-state index < -0.39 is 0 Å². The molecule has 0 unspecified atom stereocenters. The number of fused-ring (bicyclic) bond motifs is 1. The maximum Gasteiger partial charge on any atom is 0.229 e. The Bertz CT molecular complexity index is 925. The van der Waals surface area contributed by atoms with Crippen molar-refractivity contribution in [3.8, 4) is 0 Å². The summed E-state index contributed by atoms with van der Waals surface area (Å²) in [5, 5.41) is 2.16. The van der Waals surface area contributed by atoms with Gasteiger partial charge in [0.15, 0.2) is 0 Å². The Labute approximate surface area is 151 Å². The molecule has 0 saturated heterocycles. The van der Waals surface area contributed by atoms with Gasteiger partial charge in [-0.1, -0.05) is 30.0 Å². The summed E-state index contributed by atoms with van der Waals surface area (Å²) >= 11 is 1.63. The van der Waals surface area contributed by atoms with Crippen LogP contribution in [0.1, 0.15) is 29.1 Å². The van der Waals surface area contributed by atoms with Crippen molar-refractivity contribution in [1.29, 1.82) is 0 Å². The van der Waals surface area contributed by atoms with Crippen LogP contribution in [0.25, 0.3) is 10.9 Å². The highest BCUT2D eigenvalue weighted by Gasteiger charge is 2.16. The van der Waals surface area contributed by atoms with Crippen molar-refractivity contribution in [2.75, 3.05) is 24.7 Å². The van der Waals surface area contributed by atoms with Crippen LogP contribution in [-0.4, -0.2) is 34.0 Å². The minimum absolute atomic E-state index is 0.0115. The second-order valence-electron chi connectivity index (χ2n) is 6.25. The summed E-state index contributed by atoms with van der Waals surface area (Å²) in [6.07, 6.45) is 0. The Morgan fingerprint density at radius 3 is 2.52 bits per heavy atom. The molecule has 3 aromatic rings. The molecule has 0 aliphatic heterocycles. The number of pyridine rings is 1. The average molecular weight is 354 g/mol. The summed E-state index contributed by atoms with van der Waals surface area (Å²) in [7, 11) is 3.76. The maximum atomic E-state index is 5.83. The number of aryl methyl sites for hydroxylation is 2. The number of nitrogens with zero attached hydrogens (tertiary/aromatic N) is 5. The monoisotopic (exact) mass is 354 g/mol. The van der Waals surface area contributed by atoms with Crippen LogP contribution in [0.4, 0.5) is 11.9 Å². The van der Waals surface area contributed by atoms with Gasteiger partial charge in [-0.3, -0.25) is 0 Å². The fourth-order valence-electron chi connectivity index (χ4n) is 2.60. The van der Waals surface area contributed by atoms with Crippen LogP contribution in [0.5, 0.6) is 0 Å². The summed E-state index contributed by atoms with van der Waals surface area (Å²) in [5.74, 6) is 1.46. The molecule has 7 heteroatoms. The molecule has 0 spiro atoms. The molecule has 0 fully saturated rings. The second kappa shape index (κ2) is 6.84. The second-order valence-corrected chi connectivity index (χ2v) is 7.62. The zero-order valence-electron chi connectivity index (χ0n) is 15.1. The van der Waals surface area contributed by atoms with Crippen LogP contribution in [-0.2, 0) is 0 Å². The fraction of sp³-hybridized carbons (Fsp3) is 0.333. The van der Waals surface area contributed by atoms with Crippen molar-refractivity contribution in [2.24, 2.45) is 0 Å². The summed E-state index contributed by atoms with van der Waals surface area (Å²) in [4.78, 5) is 19.6. The third-order valence-corrected chi connectivity index (χ3v) is 4.96. The Balaban J connectivity index is 1.95. The van der Waals surface area contributed by atoms with E-state index in [1.54, 1.807) is 11.8 Å². The van der Waals surface area contributed by atoms with E-state index in [-0.39, 0.29) is 11.2 Å². The molecule has 130 valence electrons. The molecule has 6 nitrogen and oxygen atoms in total. The van der Waals surface area contributed by atoms with Crippen molar-refractivity contribution in [1.82, 2.24) is 19.9 Å². The summed E-state index contributed by atoms with van der Waals surface area (Å²) in [6.45, 7) is 6.25. The zero-order valence-corrected chi connectivity index (χ0v) is 15.9. The van der Waals surface area contributed by atoms with Crippen LogP contribution in [0.2, 0.25) is 0 Å². The molecular weight excluding hydrogens is 332 g/mol. The van der Waals surface area contributed by atoms with Crippen molar-refractivity contribution >= 4 is 34.6 Å². The SMILES string of the molecule is Cc1cc(S[C@H](C)c2nc(N)nc(N(C)C)n2)nc2c(C)cccc12. The van der Waals surface area contributed by atoms with Gasteiger partial charge in [0, 0.05) is 19.5 Å². The predicted octanol–water partition coefficient (Wildman–Crippen LogP) is 3.54. The third kappa shape index (κ3) is 3.66. The van der Waals surface area contributed by atoms with E-state index in [0.717, 1.165) is 10.5 Å². The molecule has 0 radical (unpaired) electrons. The Hall–Kier alpha value is -2.41. The number of nitrogens with two attached hydrogens (primary N) is 1. The first-order valence-corrected chi connectivity index (χ1v) is 8.95. The molecule has 0 aliphatic rings. The van der Waals surface area contributed by atoms with Crippen LogP contribution in [0.3, 0.4) is 0 Å². The van der Waals surface area contributed by atoms with E-state index in [9.17, 15) is 0 Å². The van der Waals surface area contributed by atoms with Gasteiger partial charge in [-0.05, 0) is 38.0 Å².